The van der Waals surface area contributed by atoms with Gasteiger partial charge in [-0.05, 0) is 50.1 Å². The highest BCUT2D eigenvalue weighted by atomic mass is 79.9. The van der Waals surface area contributed by atoms with Crippen molar-refractivity contribution < 1.29 is 13.6 Å². The van der Waals surface area contributed by atoms with Crippen molar-refractivity contribution in [2.75, 3.05) is 5.32 Å². The second kappa shape index (κ2) is 5.41. The number of carbonyl (C=O) groups is 1. The number of aromatic nitrogens is 1. The molecule has 2 heterocycles. The number of anilines is 1. The van der Waals surface area contributed by atoms with Gasteiger partial charge in [0.1, 0.15) is 0 Å². The maximum absolute atomic E-state index is 13.2. The molecule has 0 unspecified atom stereocenters. The summed E-state index contributed by atoms with van der Waals surface area (Å²) in [6.45, 7) is 0. The van der Waals surface area contributed by atoms with Crippen LogP contribution in [0, 0.1) is 11.9 Å². The van der Waals surface area contributed by atoms with E-state index in [1.807, 2.05) is 0 Å². The normalized spacial score (nSPS) is 10.4. The van der Waals surface area contributed by atoms with Crippen molar-refractivity contribution in [3.8, 4) is 0 Å². The summed E-state index contributed by atoms with van der Waals surface area (Å²) in [5.41, 5.74) is 0.186. The number of thiophene rings is 1. The molecule has 3 nitrogen and oxygen atoms in total. The van der Waals surface area contributed by atoms with Gasteiger partial charge in [-0.2, -0.15) is 13.8 Å². The van der Waals surface area contributed by atoms with E-state index in [2.05, 4.69) is 42.2 Å². The van der Waals surface area contributed by atoms with Crippen LogP contribution in [0.2, 0.25) is 0 Å². The fourth-order valence-corrected chi connectivity index (χ4v) is 3.98. The number of nitrogens with one attached hydrogen (secondary N) is 1. The number of hydrogen-bond donors (Lipinski definition) is 1. The maximum atomic E-state index is 13.2. The summed E-state index contributed by atoms with van der Waals surface area (Å²) in [7, 11) is 0. The summed E-state index contributed by atoms with van der Waals surface area (Å²) in [5.74, 6) is -2.50. The molecule has 0 aromatic carbocycles. The molecule has 0 bridgehead atoms. The van der Waals surface area contributed by atoms with Crippen LogP contribution in [-0.4, -0.2) is 10.9 Å². The third kappa shape index (κ3) is 2.93. The van der Waals surface area contributed by atoms with Crippen LogP contribution in [0.25, 0.3) is 0 Å². The molecule has 1 N–H and O–H groups in total. The van der Waals surface area contributed by atoms with Gasteiger partial charge < -0.3 is 5.32 Å². The van der Waals surface area contributed by atoms with Crippen molar-refractivity contribution in [3.05, 3.63) is 43.2 Å². The third-order valence-electron chi connectivity index (χ3n) is 1.96. The highest BCUT2D eigenvalue weighted by Gasteiger charge is 2.16. The monoisotopic (exact) mass is 396 g/mol. The van der Waals surface area contributed by atoms with Gasteiger partial charge in [0.2, 0.25) is 11.9 Å². The Morgan fingerprint density at radius 2 is 2.06 bits per heavy atom. The summed E-state index contributed by atoms with van der Waals surface area (Å²) < 4.78 is 27.2. The number of halogens is 4. The molecule has 2 aromatic heterocycles. The zero-order chi connectivity index (χ0) is 13.3. The molecule has 94 valence electrons. The highest BCUT2D eigenvalue weighted by molar-refractivity contribution is 9.12. The first-order chi connectivity index (χ1) is 8.47. The van der Waals surface area contributed by atoms with E-state index in [0.717, 1.165) is 15.9 Å². The molecule has 2 aromatic rings. The van der Waals surface area contributed by atoms with Gasteiger partial charge in [0, 0.05) is 0 Å². The molecule has 0 fully saturated rings. The molecule has 0 saturated heterocycles. The maximum Gasteiger partial charge on any atom is 0.257 e. The lowest BCUT2D eigenvalue weighted by atomic mass is 10.3. The summed E-state index contributed by atoms with van der Waals surface area (Å²) in [5, 5.41) is 2.32. The van der Waals surface area contributed by atoms with Gasteiger partial charge in [0.05, 0.1) is 18.8 Å². The van der Waals surface area contributed by atoms with Crippen LogP contribution in [0.15, 0.2) is 25.8 Å². The van der Waals surface area contributed by atoms with Crippen LogP contribution in [0.5, 0.6) is 0 Å². The fraction of sp³-hybridized carbons (Fsp3) is 0. The minimum Gasteiger partial charge on any atom is -0.318 e. The molecule has 2 rings (SSSR count). The summed E-state index contributed by atoms with van der Waals surface area (Å²) in [4.78, 5) is 14.8. The van der Waals surface area contributed by atoms with E-state index in [0.29, 0.717) is 9.35 Å². The quantitative estimate of drug-likeness (QED) is 0.771. The Balaban J connectivity index is 2.24. The Bertz CT molecular complexity index is 618. The second-order valence-corrected chi connectivity index (χ2v) is 6.91. The Morgan fingerprint density at radius 1 is 1.33 bits per heavy atom. The molecule has 0 spiro atoms. The second-order valence-electron chi connectivity index (χ2n) is 3.16. The molecule has 18 heavy (non-hydrogen) atoms. The van der Waals surface area contributed by atoms with Crippen LogP contribution >= 0.6 is 43.2 Å². The van der Waals surface area contributed by atoms with E-state index >= 15 is 0 Å². The van der Waals surface area contributed by atoms with Gasteiger partial charge in [0.15, 0.2) is 0 Å². The number of carbonyl (C=O) groups excluding carboxylic acids is 1. The van der Waals surface area contributed by atoms with E-state index in [9.17, 15) is 13.6 Å². The Kier molecular flexibility index (Phi) is 4.08. The van der Waals surface area contributed by atoms with Crippen LogP contribution in [0.1, 0.15) is 10.4 Å². The Labute approximate surface area is 121 Å². The van der Waals surface area contributed by atoms with E-state index in [4.69, 9.17) is 0 Å². The molecule has 0 aliphatic carbocycles. The standard InChI is InChI=1S/C10H4Br2F2N2OS/c11-6-3-4(8(12)18-6)10(17)15-5-1-2-7(13)16-9(5)14/h1-3H,(H,15,17). The highest BCUT2D eigenvalue weighted by Crippen LogP contribution is 2.32. The summed E-state index contributed by atoms with van der Waals surface area (Å²) >= 11 is 7.77. The number of rotatable bonds is 2. The van der Waals surface area contributed by atoms with E-state index in [-0.39, 0.29) is 5.69 Å². The van der Waals surface area contributed by atoms with Gasteiger partial charge >= 0.3 is 0 Å². The average Bonchev–Trinajstić information content (AvgIpc) is 2.62. The van der Waals surface area contributed by atoms with Crippen LogP contribution < -0.4 is 5.32 Å². The first-order valence-corrected chi connectivity index (χ1v) is 6.96. The molecule has 0 aliphatic heterocycles. The van der Waals surface area contributed by atoms with Crippen molar-refractivity contribution in [2.45, 2.75) is 0 Å². The molecule has 0 atom stereocenters. The molecule has 1 amide bonds. The molecular weight excluding hydrogens is 394 g/mol. The Hall–Kier alpha value is -0.860. The topological polar surface area (TPSA) is 42.0 Å². The average molecular weight is 398 g/mol. The lowest BCUT2D eigenvalue weighted by molar-refractivity contribution is 0.102. The Morgan fingerprint density at radius 3 is 2.61 bits per heavy atom. The van der Waals surface area contributed by atoms with Crippen molar-refractivity contribution in [3.63, 3.8) is 0 Å². The van der Waals surface area contributed by atoms with E-state index in [1.54, 1.807) is 6.07 Å². The molecule has 0 aliphatic rings. The minimum atomic E-state index is -1.06. The van der Waals surface area contributed by atoms with E-state index in [1.165, 1.54) is 11.3 Å². The van der Waals surface area contributed by atoms with Gasteiger partial charge in [-0.15, -0.1) is 11.3 Å². The molecular formula is C10H4Br2F2N2OS. The predicted molar refractivity (Wildman–Crippen MR) is 71.8 cm³/mol. The smallest absolute Gasteiger partial charge is 0.257 e. The minimum absolute atomic E-state index is 0.171. The van der Waals surface area contributed by atoms with Crippen LogP contribution in [-0.2, 0) is 0 Å². The predicted octanol–water partition coefficient (Wildman–Crippen LogP) is 4.20. The number of amides is 1. The van der Waals surface area contributed by atoms with Gasteiger partial charge in [-0.3, -0.25) is 4.79 Å². The number of pyridine rings is 1. The summed E-state index contributed by atoms with van der Waals surface area (Å²) in [6, 6.07) is 3.68. The van der Waals surface area contributed by atoms with Crippen LogP contribution in [0.4, 0.5) is 14.5 Å². The van der Waals surface area contributed by atoms with Crippen molar-refractivity contribution in [2.24, 2.45) is 0 Å². The molecule has 0 saturated carbocycles. The molecule has 0 radical (unpaired) electrons. The van der Waals surface area contributed by atoms with Crippen LogP contribution in [0.3, 0.4) is 0 Å². The third-order valence-corrected chi connectivity index (χ3v) is 4.30. The van der Waals surface area contributed by atoms with Crippen molar-refractivity contribution in [1.82, 2.24) is 4.98 Å². The summed E-state index contributed by atoms with van der Waals surface area (Å²) in [6.07, 6.45) is 0. The lowest BCUT2D eigenvalue weighted by Gasteiger charge is -2.04. The zero-order valence-electron chi connectivity index (χ0n) is 8.51. The number of hydrogen-bond acceptors (Lipinski definition) is 3. The van der Waals surface area contributed by atoms with Gasteiger partial charge in [-0.1, -0.05) is 0 Å². The zero-order valence-corrected chi connectivity index (χ0v) is 12.5. The van der Waals surface area contributed by atoms with E-state index < -0.39 is 17.8 Å². The SMILES string of the molecule is O=C(Nc1ccc(F)nc1F)c1cc(Br)sc1Br. The van der Waals surface area contributed by atoms with Crippen molar-refractivity contribution in [1.29, 1.82) is 0 Å². The van der Waals surface area contributed by atoms with Crippen molar-refractivity contribution >= 4 is 54.8 Å². The van der Waals surface area contributed by atoms with Gasteiger partial charge in [0.25, 0.3) is 5.91 Å². The first-order valence-electron chi connectivity index (χ1n) is 4.55. The number of nitrogens with zero attached hydrogens (tertiary/aromatic N) is 1. The fourth-order valence-electron chi connectivity index (χ4n) is 1.19. The lowest BCUT2D eigenvalue weighted by Crippen LogP contribution is -2.13. The largest absolute Gasteiger partial charge is 0.318 e. The first kappa shape index (κ1) is 13.6. The molecule has 8 heteroatoms. The van der Waals surface area contributed by atoms with Gasteiger partial charge in [-0.25, -0.2) is 0 Å².